The number of sulfone groups is 1. The maximum Gasteiger partial charge on any atom is 0.264 e. The van der Waals surface area contributed by atoms with Gasteiger partial charge in [-0.1, -0.05) is 31.0 Å². The van der Waals surface area contributed by atoms with Gasteiger partial charge in [0.05, 0.1) is 37.8 Å². The largest absolute Gasteiger partial charge is 0.506 e. The van der Waals surface area contributed by atoms with E-state index in [-0.39, 0.29) is 37.8 Å². The average Bonchev–Trinajstić information content (AvgIpc) is 3.74. The minimum Gasteiger partial charge on any atom is -0.506 e. The predicted octanol–water partition coefficient (Wildman–Crippen LogP) is 4.64. The molecule has 0 saturated heterocycles. The third kappa shape index (κ3) is 4.73. The summed E-state index contributed by atoms with van der Waals surface area (Å²) in [5, 5.41) is 14.9. The first-order chi connectivity index (χ1) is 19.0. The number of rotatable bonds is 7. The number of pyridine rings is 1. The van der Waals surface area contributed by atoms with Gasteiger partial charge in [-0.05, 0) is 60.9 Å². The molecule has 1 aromatic heterocycles. The molecule has 0 atom stereocenters. The molecule has 1 aliphatic carbocycles. The Balaban J connectivity index is 1.42. The molecule has 1 fully saturated rings. The number of hydrogen-bond donors (Lipinski definition) is 3. The third-order valence-electron chi connectivity index (χ3n) is 7.06. The highest BCUT2D eigenvalue weighted by Gasteiger charge is 2.30. The van der Waals surface area contributed by atoms with Crippen LogP contribution in [-0.2, 0) is 26.4 Å². The van der Waals surface area contributed by atoms with Gasteiger partial charge in [-0.15, -0.1) is 0 Å². The fraction of sp³-hybridized carbons (Fsp3) is 0.179. The highest BCUT2D eigenvalue weighted by atomic mass is 32.2. The maximum absolute atomic E-state index is 14.2. The number of nitrogens with zero attached hydrogens (tertiary/aromatic N) is 1. The third-order valence-corrected chi connectivity index (χ3v) is 9.96. The summed E-state index contributed by atoms with van der Waals surface area (Å²) in [7, 11) is -8.17. The van der Waals surface area contributed by atoms with Gasteiger partial charge >= 0.3 is 0 Å². The minimum atomic E-state index is -4.20. The maximum atomic E-state index is 14.2. The number of benzene rings is 3. The van der Waals surface area contributed by atoms with Crippen molar-refractivity contribution in [2.45, 2.75) is 35.6 Å². The number of halogens is 1. The lowest BCUT2D eigenvalue weighted by molar-refractivity contribution is 0.475. The number of aryl methyl sites for hydroxylation is 1. The van der Waals surface area contributed by atoms with E-state index >= 15 is 0 Å². The van der Waals surface area contributed by atoms with Crippen LogP contribution in [0.15, 0.2) is 86.7 Å². The molecule has 0 bridgehead atoms. The van der Waals surface area contributed by atoms with E-state index in [0.29, 0.717) is 18.0 Å². The van der Waals surface area contributed by atoms with Crippen molar-refractivity contribution in [3.8, 4) is 5.75 Å². The van der Waals surface area contributed by atoms with Crippen molar-refractivity contribution < 1.29 is 26.3 Å². The number of nitrogens with one attached hydrogen (secondary N) is 2. The molecule has 0 radical (unpaired) electrons. The van der Waals surface area contributed by atoms with Gasteiger partial charge in [0.15, 0.2) is 0 Å². The van der Waals surface area contributed by atoms with Crippen molar-refractivity contribution in [2.75, 3.05) is 10.0 Å². The zero-order chi connectivity index (χ0) is 28.2. The van der Waals surface area contributed by atoms with Crippen LogP contribution >= 0.6 is 0 Å². The molecule has 4 aromatic rings. The predicted molar refractivity (Wildman–Crippen MR) is 150 cm³/mol. The monoisotopic (exact) mass is 581 g/mol. The molecule has 2 aliphatic rings. The van der Waals surface area contributed by atoms with E-state index in [1.54, 1.807) is 18.2 Å². The number of sulfonamides is 1. The van der Waals surface area contributed by atoms with Crippen LogP contribution < -0.4 is 15.6 Å². The van der Waals surface area contributed by atoms with Gasteiger partial charge in [-0.25, -0.2) is 21.2 Å². The first-order valence-electron chi connectivity index (χ1n) is 12.5. The topological polar surface area (TPSA) is 135 Å². The fourth-order valence-corrected chi connectivity index (χ4v) is 7.25. The molecule has 0 unspecified atom stereocenters. The molecule has 40 heavy (non-hydrogen) atoms. The Morgan fingerprint density at radius 3 is 2.52 bits per heavy atom. The van der Waals surface area contributed by atoms with Gasteiger partial charge in [0.25, 0.3) is 15.6 Å². The summed E-state index contributed by atoms with van der Waals surface area (Å²) in [6.45, 7) is 0.334. The second-order valence-corrected chi connectivity index (χ2v) is 13.4. The highest BCUT2D eigenvalue weighted by Crippen LogP contribution is 2.39. The smallest absolute Gasteiger partial charge is 0.264 e. The molecule has 206 valence electrons. The van der Waals surface area contributed by atoms with Crippen LogP contribution in [0, 0.1) is 11.7 Å². The van der Waals surface area contributed by atoms with Gasteiger partial charge < -0.3 is 15.0 Å². The van der Waals surface area contributed by atoms with Crippen molar-refractivity contribution in [1.82, 2.24) is 4.57 Å². The summed E-state index contributed by atoms with van der Waals surface area (Å²) in [5.41, 5.74) is -0.611. The van der Waals surface area contributed by atoms with Crippen molar-refractivity contribution in [2.24, 2.45) is 5.92 Å². The quantitative estimate of drug-likeness (QED) is 0.289. The van der Waals surface area contributed by atoms with Crippen LogP contribution in [0.25, 0.3) is 16.6 Å². The van der Waals surface area contributed by atoms with E-state index in [1.165, 1.54) is 47.0 Å². The van der Waals surface area contributed by atoms with Crippen molar-refractivity contribution >= 4 is 47.8 Å². The second kappa shape index (κ2) is 9.49. The first kappa shape index (κ1) is 26.1. The van der Waals surface area contributed by atoms with E-state index in [0.717, 1.165) is 30.7 Å². The first-order valence-corrected chi connectivity index (χ1v) is 15.6. The van der Waals surface area contributed by atoms with Crippen molar-refractivity contribution in [3.63, 3.8) is 0 Å². The van der Waals surface area contributed by atoms with Gasteiger partial charge in [0.2, 0.25) is 9.84 Å². The summed E-state index contributed by atoms with van der Waals surface area (Å²) >= 11 is 0. The minimum absolute atomic E-state index is 0.0112. The van der Waals surface area contributed by atoms with Crippen LogP contribution in [0.2, 0.25) is 0 Å². The highest BCUT2D eigenvalue weighted by molar-refractivity contribution is 7.94. The van der Waals surface area contributed by atoms with Gasteiger partial charge in [0, 0.05) is 11.9 Å². The molecular formula is C28H24FN3O6S2. The molecule has 3 aromatic carbocycles. The number of aromatic nitrogens is 1. The standard InChI is InChI=1S/C28H24FN3O6S2/c29-18-8-11-24-21(14-18)27(33)26(28(34)32(24)13-12-17-6-7-17)23-16-39(35,36)25-15-19(9-10-22(25)30-23)31-40(37,38)20-4-2-1-3-5-20/h1-5,8-11,14-17,30-31,33H,6-7,12-13H2. The van der Waals surface area contributed by atoms with Crippen LogP contribution in [0.3, 0.4) is 0 Å². The van der Waals surface area contributed by atoms with Crippen molar-refractivity contribution in [3.05, 3.63) is 93.9 Å². The van der Waals surface area contributed by atoms with Crippen LogP contribution in [0.5, 0.6) is 5.75 Å². The Morgan fingerprint density at radius 2 is 1.80 bits per heavy atom. The summed E-state index contributed by atoms with van der Waals surface area (Å²) in [6.07, 6.45) is 2.86. The molecule has 1 saturated carbocycles. The lowest BCUT2D eigenvalue weighted by atomic mass is 10.1. The van der Waals surface area contributed by atoms with Crippen LogP contribution in [0.1, 0.15) is 24.8 Å². The van der Waals surface area contributed by atoms with Crippen LogP contribution in [-0.4, -0.2) is 26.5 Å². The lowest BCUT2D eigenvalue weighted by Crippen LogP contribution is -2.27. The normalized spacial score (nSPS) is 16.2. The summed E-state index contributed by atoms with van der Waals surface area (Å²) < 4.78 is 70.1. The molecule has 1 aliphatic heterocycles. The molecular weight excluding hydrogens is 557 g/mol. The number of anilines is 2. The van der Waals surface area contributed by atoms with Crippen molar-refractivity contribution in [1.29, 1.82) is 0 Å². The molecule has 12 heteroatoms. The Hall–Kier alpha value is -4.16. The zero-order valence-corrected chi connectivity index (χ0v) is 22.6. The van der Waals surface area contributed by atoms with E-state index < -0.39 is 37.0 Å². The number of hydrogen-bond acceptors (Lipinski definition) is 7. The fourth-order valence-electron chi connectivity index (χ4n) is 4.85. The molecule has 2 heterocycles. The van der Waals surface area contributed by atoms with Gasteiger partial charge in [0.1, 0.15) is 17.1 Å². The summed E-state index contributed by atoms with van der Waals surface area (Å²) in [4.78, 5) is 13.4. The number of aromatic hydroxyl groups is 1. The van der Waals surface area contributed by atoms with E-state index in [4.69, 9.17) is 0 Å². The SMILES string of the molecule is O=c1c(C2=CS(=O)(=O)c3cc(NS(=O)(=O)c4ccccc4)ccc3N2)c(O)c2cc(F)ccc2n1CCC1CC1. The molecule has 0 amide bonds. The summed E-state index contributed by atoms with van der Waals surface area (Å²) in [6, 6.07) is 15.3. The Kier molecular flexibility index (Phi) is 6.19. The Bertz CT molecular complexity index is 1980. The molecule has 6 rings (SSSR count). The summed E-state index contributed by atoms with van der Waals surface area (Å²) in [5.74, 6) is -0.658. The lowest BCUT2D eigenvalue weighted by Gasteiger charge is -2.22. The molecule has 9 nitrogen and oxygen atoms in total. The number of fused-ring (bicyclic) bond motifs is 2. The van der Waals surface area contributed by atoms with Gasteiger partial charge in [-0.2, -0.15) is 0 Å². The van der Waals surface area contributed by atoms with E-state index in [9.17, 15) is 31.1 Å². The second-order valence-electron chi connectivity index (χ2n) is 9.90. The van der Waals surface area contributed by atoms with Crippen LogP contribution in [0.4, 0.5) is 15.8 Å². The average molecular weight is 582 g/mol. The van der Waals surface area contributed by atoms with E-state index in [1.807, 2.05) is 0 Å². The molecule has 3 N–H and O–H groups in total. The van der Waals surface area contributed by atoms with E-state index in [2.05, 4.69) is 10.0 Å². The molecule has 0 spiro atoms. The van der Waals surface area contributed by atoms with Gasteiger partial charge in [-0.3, -0.25) is 9.52 Å². The Labute approximate surface area is 229 Å². The zero-order valence-electron chi connectivity index (χ0n) is 21.0. The Morgan fingerprint density at radius 1 is 1.05 bits per heavy atom.